The molecule has 1 N–H and O–H groups in total. The van der Waals surface area contributed by atoms with E-state index in [1.807, 2.05) is 6.07 Å². The minimum absolute atomic E-state index is 0.237. The van der Waals surface area contributed by atoms with Gasteiger partial charge in [-0.1, -0.05) is 30.3 Å². The topological polar surface area (TPSA) is 75.2 Å². The second kappa shape index (κ2) is 7.66. The second-order valence-corrected chi connectivity index (χ2v) is 7.33. The number of rotatable bonds is 5. The van der Waals surface area contributed by atoms with E-state index in [0.29, 0.717) is 30.3 Å². The number of ether oxygens (including phenoxy) is 2. The third kappa shape index (κ3) is 4.46. The van der Waals surface area contributed by atoms with Gasteiger partial charge in [0.1, 0.15) is 6.61 Å². The van der Waals surface area contributed by atoms with Gasteiger partial charge in [0.15, 0.2) is 5.75 Å². The smallest absolute Gasteiger partial charge is 0.409 e. The quantitative estimate of drug-likeness (QED) is 0.821. The molecule has 4 rings (SSSR count). The maximum Gasteiger partial charge on any atom is 0.415 e. The van der Waals surface area contributed by atoms with Crippen LogP contribution in [-0.2, 0) is 16.9 Å². The van der Waals surface area contributed by atoms with E-state index in [0.717, 1.165) is 25.7 Å². The first-order chi connectivity index (χ1) is 13.1. The summed E-state index contributed by atoms with van der Waals surface area (Å²) in [6.07, 6.45) is 6.85. The number of nitrogens with zero attached hydrogens (tertiary/aromatic N) is 2. The maximum absolute atomic E-state index is 12.5. The van der Waals surface area contributed by atoms with Crippen LogP contribution in [-0.4, -0.2) is 40.8 Å². The molecule has 1 aromatic heterocycles. The fourth-order valence-electron chi connectivity index (χ4n) is 3.57. The molecule has 2 atom stereocenters. The van der Waals surface area contributed by atoms with Gasteiger partial charge in [-0.2, -0.15) is 0 Å². The zero-order valence-electron chi connectivity index (χ0n) is 15.2. The van der Waals surface area contributed by atoms with Crippen LogP contribution < -0.4 is 4.74 Å². The molecule has 142 valence electrons. The number of likely N-dealkylation sites (tertiary alicyclic amines) is 1. The van der Waals surface area contributed by atoms with E-state index in [4.69, 9.17) is 9.47 Å². The minimum atomic E-state index is -1.27. The molecule has 6 heteroatoms. The van der Waals surface area contributed by atoms with E-state index < -0.39 is 5.79 Å². The van der Waals surface area contributed by atoms with E-state index in [2.05, 4.69) is 29.2 Å². The minimum Gasteiger partial charge on any atom is -0.409 e. The van der Waals surface area contributed by atoms with Crippen LogP contribution in [0.5, 0.6) is 5.75 Å². The Hall–Kier alpha value is -2.44. The summed E-state index contributed by atoms with van der Waals surface area (Å²) in [5.74, 6) is -0.465. The molecular formula is C21H24N2O4. The normalized spacial score (nSPS) is 24.5. The van der Waals surface area contributed by atoms with Crippen LogP contribution >= 0.6 is 0 Å². The summed E-state index contributed by atoms with van der Waals surface area (Å²) in [5.41, 5.74) is 1.84. The van der Waals surface area contributed by atoms with Gasteiger partial charge in [-0.05, 0) is 43.2 Å². The standard InChI is InChI=1S/C21H24N2O4/c24-20(27-19-11-18(12-22-13-19)21(25)15-26-21)23-10-4-7-17(14-23)9-8-16-5-2-1-3-6-16/h1-3,5-6,11-13,17,25H,4,7-10,14-15H2. The van der Waals surface area contributed by atoms with Gasteiger partial charge in [0.25, 0.3) is 0 Å². The summed E-state index contributed by atoms with van der Waals surface area (Å²) in [5, 5.41) is 9.98. The zero-order chi connectivity index (χ0) is 18.7. The van der Waals surface area contributed by atoms with Crippen LogP contribution in [0, 0.1) is 5.92 Å². The van der Waals surface area contributed by atoms with Crippen molar-refractivity contribution in [3.8, 4) is 5.75 Å². The summed E-state index contributed by atoms with van der Waals surface area (Å²) in [6.45, 7) is 1.66. The molecular weight excluding hydrogens is 344 g/mol. The molecule has 0 bridgehead atoms. The van der Waals surface area contributed by atoms with Crippen LogP contribution in [0.25, 0.3) is 0 Å². The van der Waals surface area contributed by atoms with Crippen LogP contribution in [0.3, 0.4) is 0 Å². The summed E-state index contributed by atoms with van der Waals surface area (Å²) in [7, 11) is 0. The van der Waals surface area contributed by atoms with Crippen LogP contribution in [0.4, 0.5) is 4.79 Å². The Morgan fingerprint density at radius 2 is 2.15 bits per heavy atom. The summed E-state index contributed by atoms with van der Waals surface area (Å²) < 4.78 is 10.5. The lowest BCUT2D eigenvalue weighted by Crippen LogP contribution is -2.41. The third-order valence-corrected chi connectivity index (χ3v) is 5.25. The SMILES string of the molecule is O=C(Oc1cncc(C2(O)CO2)c1)N1CCCC(CCc2ccccc2)C1. The largest absolute Gasteiger partial charge is 0.415 e. The Morgan fingerprint density at radius 3 is 2.93 bits per heavy atom. The van der Waals surface area contributed by atoms with Crippen LogP contribution in [0.2, 0.25) is 0 Å². The fraction of sp³-hybridized carbons (Fsp3) is 0.429. The van der Waals surface area contributed by atoms with Crippen molar-refractivity contribution < 1.29 is 19.4 Å². The van der Waals surface area contributed by atoms with Crippen molar-refractivity contribution in [3.05, 3.63) is 59.9 Å². The van der Waals surface area contributed by atoms with Gasteiger partial charge in [0.05, 0.1) is 6.20 Å². The molecule has 2 aliphatic rings. The van der Waals surface area contributed by atoms with Crippen LogP contribution in [0.15, 0.2) is 48.8 Å². The average molecular weight is 368 g/mol. The number of aryl methyl sites for hydroxylation is 1. The number of hydrogen-bond donors (Lipinski definition) is 1. The van der Waals surface area contributed by atoms with Crippen molar-refractivity contribution in [1.82, 2.24) is 9.88 Å². The highest BCUT2D eigenvalue weighted by molar-refractivity contribution is 5.70. The van der Waals surface area contributed by atoms with Crippen molar-refractivity contribution in [2.24, 2.45) is 5.92 Å². The molecule has 0 saturated carbocycles. The Morgan fingerprint density at radius 1 is 1.33 bits per heavy atom. The number of aromatic nitrogens is 1. The molecule has 2 aromatic rings. The Balaban J connectivity index is 1.32. The lowest BCUT2D eigenvalue weighted by molar-refractivity contribution is 0.0328. The Labute approximate surface area is 158 Å². The Kier molecular flexibility index (Phi) is 5.09. The van der Waals surface area contributed by atoms with Gasteiger partial charge in [-0.25, -0.2) is 4.79 Å². The van der Waals surface area contributed by atoms with Crippen molar-refractivity contribution in [2.45, 2.75) is 31.5 Å². The number of carbonyl (C=O) groups excluding carboxylic acids is 1. The predicted octanol–water partition coefficient (Wildman–Crippen LogP) is 3.10. The molecule has 2 saturated heterocycles. The van der Waals surface area contributed by atoms with Crippen molar-refractivity contribution in [2.75, 3.05) is 19.7 Å². The highest BCUT2D eigenvalue weighted by Crippen LogP contribution is 2.36. The monoisotopic (exact) mass is 368 g/mol. The lowest BCUT2D eigenvalue weighted by Gasteiger charge is -2.32. The Bertz CT molecular complexity index is 792. The van der Waals surface area contributed by atoms with Crippen molar-refractivity contribution in [1.29, 1.82) is 0 Å². The van der Waals surface area contributed by atoms with Gasteiger partial charge in [-0.3, -0.25) is 4.98 Å². The summed E-state index contributed by atoms with van der Waals surface area (Å²) in [4.78, 5) is 18.3. The molecule has 1 amide bonds. The van der Waals surface area contributed by atoms with E-state index in [1.165, 1.54) is 18.0 Å². The number of pyridine rings is 1. The number of carbonyl (C=O) groups is 1. The summed E-state index contributed by atoms with van der Waals surface area (Å²) in [6, 6.07) is 12.0. The molecule has 0 radical (unpaired) electrons. The molecule has 3 heterocycles. The number of amides is 1. The molecule has 2 unspecified atom stereocenters. The average Bonchev–Trinajstić information content (AvgIpc) is 3.46. The number of epoxide rings is 1. The second-order valence-electron chi connectivity index (χ2n) is 7.33. The predicted molar refractivity (Wildman–Crippen MR) is 99.2 cm³/mol. The van der Waals surface area contributed by atoms with E-state index in [-0.39, 0.29) is 12.7 Å². The van der Waals surface area contributed by atoms with Crippen LogP contribution in [0.1, 0.15) is 30.4 Å². The van der Waals surface area contributed by atoms with E-state index >= 15 is 0 Å². The zero-order valence-corrected chi connectivity index (χ0v) is 15.2. The fourth-order valence-corrected chi connectivity index (χ4v) is 3.57. The maximum atomic E-state index is 12.5. The molecule has 0 spiro atoms. The highest BCUT2D eigenvalue weighted by atomic mass is 16.7. The highest BCUT2D eigenvalue weighted by Gasteiger charge is 2.45. The molecule has 2 aliphatic heterocycles. The van der Waals surface area contributed by atoms with E-state index in [9.17, 15) is 9.90 Å². The number of piperidine rings is 1. The molecule has 0 aliphatic carbocycles. The number of aliphatic hydroxyl groups is 1. The van der Waals surface area contributed by atoms with Gasteiger partial charge >= 0.3 is 6.09 Å². The van der Waals surface area contributed by atoms with Gasteiger partial charge in [0.2, 0.25) is 5.79 Å². The third-order valence-electron chi connectivity index (χ3n) is 5.25. The van der Waals surface area contributed by atoms with E-state index in [1.54, 1.807) is 11.0 Å². The number of benzene rings is 1. The molecule has 1 aromatic carbocycles. The molecule has 2 fully saturated rings. The lowest BCUT2D eigenvalue weighted by atomic mass is 9.92. The first kappa shape index (κ1) is 17.9. The molecule has 27 heavy (non-hydrogen) atoms. The molecule has 6 nitrogen and oxygen atoms in total. The van der Waals surface area contributed by atoms with Gasteiger partial charge in [-0.15, -0.1) is 0 Å². The van der Waals surface area contributed by atoms with Crippen molar-refractivity contribution in [3.63, 3.8) is 0 Å². The van der Waals surface area contributed by atoms with Gasteiger partial charge in [0, 0.05) is 24.8 Å². The van der Waals surface area contributed by atoms with Crippen molar-refractivity contribution >= 4 is 6.09 Å². The first-order valence-electron chi connectivity index (χ1n) is 9.45. The van der Waals surface area contributed by atoms with Gasteiger partial charge < -0.3 is 19.5 Å². The number of hydrogen-bond acceptors (Lipinski definition) is 5. The summed E-state index contributed by atoms with van der Waals surface area (Å²) >= 11 is 0. The first-order valence-corrected chi connectivity index (χ1v) is 9.45.